The fourth-order valence-electron chi connectivity index (χ4n) is 1.25. The van der Waals surface area contributed by atoms with Gasteiger partial charge in [0.05, 0.1) is 6.61 Å². The molecule has 1 aromatic carbocycles. The molecule has 0 unspecified atom stereocenters. The van der Waals surface area contributed by atoms with Gasteiger partial charge in [0.25, 0.3) is 0 Å². The van der Waals surface area contributed by atoms with Crippen molar-refractivity contribution in [2.75, 3.05) is 6.61 Å². The van der Waals surface area contributed by atoms with E-state index < -0.39 is 5.82 Å². The largest absolute Gasteiger partial charge is 0.491 e. The van der Waals surface area contributed by atoms with Gasteiger partial charge in [-0.3, -0.25) is 0 Å². The molecule has 1 rings (SSSR count). The van der Waals surface area contributed by atoms with E-state index in [2.05, 4.69) is 9.98 Å². The fourth-order valence-corrected chi connectivity index (χ4v) is 1.25. The molecule has 0 aliphatic rings. The van der Waals surface area contributed by atoms with E-state index in [1.165, 1.54) is 12.1 Å². The van der Waals surface area contributed by atoms with Crippen molar-refractivity contribution in [2.45, 2.75) is 13.8 Å². The van der Waals surface area contributed by atoms with Crippen molar-refractivity contribution in [3.05, 3.63) is 24.0 Å². The number of ether oxygens (including phenoxy) is 1. The topological polar surface area (TPSA) is 112 Å². The predicted molar refractivity (Wildman–Crippen MR) is 73.8 cm³/mol. The van der Waals surface area contributed by atoms with Crippen molar-refractivity contribution < 1.29 is 9.13 Å². The van der Waals surface area contributed by atoms with Crippen LogP contribution in [0.1, 0.15) is 13.8 Å². The van der Waals surface area contributed by atoms with Crippen LogP contribution in [0.3, 0.4) is 0 Å². The first-order chi connectivity index (χ1) is 8.90. The second kappa shape index (κ2) is 6.58. The number of hydrogen-bond acceptors (Lipinski definition) is 2. The molecule has 0 aliphatic carbocycles. The maximum absolute atomic E-state index is 13.7. The van der Waals surface area contributed by atoms with Crippen molar-refractivity contribution in [3.8, 4) is 5.75 Å². The first-order valence-corrected chi connectivity index (χ1v) is 5.75. The van der Waals surface area contributed by atoms with E-state index in [4.69, 9.17) is 21.9 Å². The quantitative estimate of drug-likeness (QED) is 0.559. The van der Waals surface area contributed by atoms with Crippen molar-refractivity contribution in [1.29, 1.82) is 0 Å². The van der Waals surface area contributed by atoms with Gasteiger partial charge in [-0.25, -0.2) is 9.38 Å². The SMILES string of the molecule is CC(C)COc1cccc(F)c1N=C(N)N=C(N)N. The minimum Gasteiger partial charge on any atom is -0.491 e. The monoisotopic (exact) mass is 267 g/mol. The van der Waals surface area contributed by atoms with Gasteiger partial charge in [-0.2, -0.15) is 4.99 Å². The Hall–Kier alpha value is -2.31. The van der Waals surface area contributed by atoms with Crippen molar-refractivity contribution in [3.63, 3.8) is 0 Å². The van der Waals surface area contributed by atoms with Crippen LogP contribution in [0.25, 0.3) is 0 Å². The lowest BCUT2D eigenvalue weighted by Crippen LogP contribution is -2.26. The summed E-state index contributed by atoms with van der Waals surface area (Å²) in [6, 6.07) is 4.39. The van der Waals surface area contributed by atoms with Crippen LogP contribution < -0.4 is 21.9 Å². The number of hydrogen-bond donors (Lipinski definition) is 3. The summed E-state index contributed by atoms with van der Waals surface area (Å²) >= 11 is 0. The first-order valence-electron chi connectivity index (χ1n) is 5.75. The van der Waals surface area contributed by atoms with Gasteiger partial charge in [-0.15, -0.1) is 0 Å². The second-order valence-electron chi connectivity index (χ2n) is 4.30. The molecule has 0 radical (unpaired) electrons. The lowest BCUT2D eigenvalue weighted by molar-refractivity contribution is 0.271. The van der Waals surface area contributed by atoms with Gasteiger partial charge in [0.1, 0.15) is 11.4 Å². The smallest absolute Gasteiger partial charge is 0.224 e. The summed E-state index contributed by atoms with van der Waals surface area (Å²) in [4.78, 5) is 7.35. The molecule has 19 heavy (non-hydrogen) atoms. The molecule has 1 aromatic rings. The zero-order valence-electron chi connectivity index (χ0n) is 10.9. The van der Waals surface area contributed by atoms with Crippen molar-refractivity contribution in [1.82, 2.24) is 0 Å². The molecule has 0 fully saturated rings. The molecule has 0 atom stereocenters. The van der Waals surface area contributed by atoms with E-state index in [9.17, 15) is 4.39 Å². The Kier molecular flexibility index (Phi) is 5.11. The molecule has 6 N–H and O–H groups in total. The molecule has 7 heteroatoms. The molecule has 0 aromatic heterocycles. The Morgan fingerprint density at radius 1 is 1.32 bits per heavy atom. The molecule has 0 bridgehead atoms. The molecular weight excluding hydrogens is 249 g/mol. The van der Waals surface area contributed by atoms with Gasteiger partial charge < -0.3 is 21.9 Å². The summed E-state index contributed by atoms with van der Waals surface area (Å²) in [6.07, 6.45) is 0. The zero-order chi connectivity index (χ0) is 14.4. The highest BCUT2D eigenvalue weighted by atomic mass is 19.1. The van der Waals surface area contributed by atoms with Crippen LogP contribution in [-0.2, 0) is 0 Å². The maximum Gasteiger partial charge on any atom is 0.224 e. The normalized spacial score (nSPS) is 11.5. The summed E-state index contributed by atoms with van der Waals surface area (Å²) in [5, 5.41) is 0. The highest BCUT2D eigenvalue weighted by Gasteiger charge is 2.10. The number of benzene rings is 1. The number of rotatable bonds is 4. The summed E-state index contributed by atoms with van der Waals surface area (Å²) in [5.74, 6) is -0.450. The number of halogens is 1. The van der Waals surface area contributed by atoms with Gasteiger partial charge in [0, 0.05) is 0 Å². The van der Waals surface area contributed by atoms with Crippen LogP contribution in [0.5, 0.6) is 5.75 Å². The number of aliphatic imine (C=N–C) groups is 2. The lowest BCUT2D eigenvalue weighted by atomic mass is 10.2. The first kappa shape index (κ1) is 14.7. The third-order valence-electron chi connectivity index (χ3n) is 1.99. The minimum atomic E-state index is -0.560. The molecule has 0 aliphatic heterocycles. The Morgan fingerprint density at radius 3 is 2.58 bits per heavy atom. The number of nitrogens with two attached hydrogens (primary N) is 3. The highest BCUT2D eigenvalue weighted by Crippen LogP contribution is 2.30. The van der Waals surface area contributed by atoms with E-state index in [0.717, 1.165) is 0 Å². The fraction of sp³-hybridized carbons (Fsp3) is 0.333. The van der Waals surface area contributed by atoms with E-state index in [0.29, 0.717) is 18.3 Å². The second-order valence-corrected chi connectivity index (χ2v) is 4.30. The van der Waals surface area contributed by atoms with Gasteiger partial charge in [0.15, 0.2) is 11.8 Å². The van der Waals surface area contributed by atoms with E-state index >= 15 is 0 Å². The Bertz CT molecular complexity index is 495. The third kappa shape index (κ3) is 4.82. The zero-order valence-corrected chi connectivity index (χ0v) is 10.9. The third-order valence-corrected chi connectivity index (χ3v) is 1.99. The van der Waals surface area contributed by atoms with E-state index in [-0.39, 0.29) is 17.6 Å². The molecule has 6 nitrogen and oxygen atoms in total. The van der Waals surface area contributed by atoms with E-state index in [1.807, 2.05) is 13.8 Å². The molecule has 0 saturated carbocycles. The van der Waals surface area contributed by atoms with Gasteiger partial charge in [-0.1, -0.05) is 19.9 Å². The van der Waals surface area contributed by atoms with Crippen LogP contribution in [0, 0.1) is 11.7 Å². The molecule has 0 spiro atoms. The highest BCUT2D eigenvalue weighted by molar-refractivity contribution is 5.93. The number of guanidine groups is 2. The lowest BCUT2D eigenvalue weighted by Gasteiger charge is -2.11. The average Bonchev–Trinajstić information content (AvgIpc) is 2.28. The van der Waals surface area contributed by atoms with Crippen molar-refractivity contribution >= 4 is 17.6 Å². The summed E-state index contributed by atoms with van der Waals surface area (Å²) < 4.78 is 19.2. The summed E-state index contributed by atoms with van der Waals surface area (Å²) in [6.45, 7) is 4.40. The van der Waals surface area contributed by atoms with Gasteiger partial charge in [-0.05, 0) is 18.1 Å². The van der Waals surface area contributed by atoms with Crippen molar-refractivity contribution in [2.24, 2.45) is 33.1 Å². The summed E-state index contributed by atoms with van der Waals surface area (Å²) in [5.41, 5.74) is 15.8. The molecular formula is C12H18FN5O. The van der Waals surface area contributed by atoms with Crippen LogP contribution in [0.15, 0.2) is 28.2 Å². The number of nitrogens with zero attached hydrogens (tertiary/aromatic N) is 2. The van der Waals surface area contributed by atoms with Gasteiger partial charge >= 0.3 is 0 Å². The summed E-state index contributed by atoms with van der Waals surface area (Å²) in [7, 11) is 0. The molecule has 0 saturated heterocycles. The van der Waals surface area contributed by atoms with Crippen LogP contribution >= 0.6 is 0 Å². The molecule has 104 valence electrons. The minimum absolute atomic E-state index is 0.0225. The predicted octanol–water partition coefficient (Wildman–Crippen LogP) is 1.08. The maximum atomic E-state index is 13.7. The van der Waals surface area contributed by atoms with Crippen LogP contribution in [0.4, 0.5) is 10.1 Å². The van der Waals surface area contributed by atoms with E-state index in [1.54, 1.807) is 6.07 Å². The van der Waals surface area contributed by atoms with Gasteiger partial charge in [0.2, 0.25) is 5.96 Å². The molecule has 0 amide bonds. The Morgan fingerprint density at radius 2 is 2.00 bits per heavy atom. The molecule has 0 heterocycles. The average molecular weight is 267 g/mol. The van der Waals surface area contributed by atoms with Crippen LogP contribution in [0.2, 0.25) is 0 Å². The Labute approximate surface area is 111 Å². The number of para-hydroxylation sites is 1. The standard InChI is InChI=1S/C12H18FN5O/c1-7(2)6-19-9-5-3-4-8(13)10(9)17-12(16)18-11(14)15/h3-5,7H,6H2,1-2H3,(H6,14,15,16,17,18). The van der Waals surface area contributed by atoms with Crippen LogP contribution in [-0.4, -0.2) is 18.5 Å². The Balaban J connectivity index is 3.07.